The maximum atomic E-state index is 10.7. The van der Waals surface area contributed by atoms with Gasteiger partial charge in [-0.25, -0.2) is 0 Å². The summed E-state index contributed by atoms with van der Waals surface area (Å²) in [6.45, 7) is 3.13. The van der Waals surface area contributed by atoms with Gasteiger partial charge >= 0.3 is 0 Å². The fraction of sp³-hybridized carbons (Fsp3) is 0.538. The third kappa shape index (κ3) is 3.27. The molecule has 1 unspecified atom stereocenters. The molecule has 1 atom stereocenters. The van der Waals surface area contributed by atoms with Crippen molar-refractivity contribution in [3.63, 3.8) is 0 Å². The van der Waals surface area contributed by atoms with Crippen molar-refractivity contribution in [2.45, 2.75) is 32.2 Å². The number of non-ortho nitro benzene ring substituents is 1. The van der Waals surface area contributed by atoms with Crippen molar-refractivity contribution >= 4 is 5.69 Å². The normalized spacial score (nSPS) is 16.8. The minimum atomic E-state index is -0.336. The summed E-state index contributed by atoms with van der Waals surface area (Å²) in [6, 6.07) is 7.16. The third-order valence-electron chi connectivity index (χ3n) is 3.24. The summed E-state index contributed by atoms with van der Waals surface area (Å²) < 4.78 is 0. The van der Waals surface area contributed by atoms with Crippen LogP contribution >= 0.6 is 0 Å². The molecule has 2 rings (SSSR count). The molecule has 17 heavy (non-hydrogen) atoms. The molecule has 0 saturated heterocycles. The van der Waals surface area contributed by atoms with Gasteiger partial charge in [-0.1, -0.05) is 19.1 Å². The highest BCUT2D eigenvalue weighted by molar-refractivity contribution is 5.35. The molecule has 1 aromatic rings. The topological polar surface area (TPSA) is 55.2 Å². The first-order chi connectivity index (χ1) is 8.20. The SMILES string of the molecule is CCC(NCC1CC1)c1cccc([N+](=O)[O-])c1. The van der Waals surface area contributed by atoms with Crippen LogP contribution in [0.1, 0.15) is 37.8 Å². The van der Waals surface area contributed by atoms with Crippen LogP contribution in [0.25, 0.3) is 0 Å². The molecule has 0 aromatic heterocycles. The van der Waals surface area contributed by atoms with Crippen molar-refractivity contribution in [1.82, 2.24) is 5.32 Å². The Hall–Kier alpha value is -1.42. The average molecular weight is 234 g/mol. The molecule has 1 saturated carbocycles. The zero-order chi connectivity index (χ0) is 12.3. The predicted molar refractivity (Wildman–Crippen MR) is 66.9 cm³/mol. The monoisotopic (exact) mass is 234 g/mol. The zero-order valence-corrected chi connectivity index (χ0v) is 10.1. The van der Waals surface area contributed by atoms with Crippen LogP contribution in [-0.2, 0) is 0 Å². The summed E-state index contributed by atoms with van der Waals surface area (Å²) in [5, 5.41) is 14.2. The second-order valence-electron chi connectivity index (χ2n) is 4.66. The van der Waals surface area contributed by atoms with Crippen molar-refractivity contribution < 1.29 is 4.92 Å². The Morgan fingerprint density at radius 3 is 2.88 bits per heavy atom. The Bertz CT molecular complexity index is 402. The Morgan fingerprint density at radius 2 is 2.29 bits per heavy atom. The molecule has 1 aromatic carbocycles. The standard InChI is InChI=1S/C13H18N2O2/c1-2-13(14-9-10-6-7-10)11-4-3-5-12(8-11)15(16)17/h3-5,8,10,13-14H,2,6-7,9H2,1H3. The van der Waals surface area contributed by atoms with Gasteiger partial charge < -0.3 is 5.32 Å². The molecular formula is C13H18N2O2. The molecule has 0 bridgehead atoms. The van der Waals surface area contributed by atoms with E-state index >= 15 is 0 Å². The first-order valence-electron chi connectivity index (χ1n) is 6.18. The highest BCUT2D eigenvalue weighted by Crippen LogP contribution is 2.29. The molecule has 1 fully saturated rings. The van der Waals surface area contributed by atoms with E-state index in [1.54, 1.807) is 12.1 Å². The summed E-state index contributed by atoms with van der Waals surface area (Å²) in [6.07, 6.45) is 3.59. The summed E-state index contributed by atoms with van der Waals surface area (Å²) in [4.78, 5) is 10.4. The van der Waals surface area contributed by atoms with E-state index in [-0.39, 0.29) is 16.7 Å². The van der Waals surface area contributed by atoms with Gasteiger partial charge in [0, 0.05) is 18.2 Å². The molecule has 1 aliphatic rings. The molecule has 0 spiro atoms. The molecule has 4 heteroatoms. The summed E-state index contributed by atoms with van der Waals surface area (Å²) in [7, 11) is 0. The van der Waals surface area contributed by atoms with Crippen molar-refractivity contribution in [2.24, 2.45) is 5.92 Å². The Balaban J connectivity index is 2.05. The Kier molecular flexibility index (Phi) is 3.74. The summed E-state index contributed by atoms with van der Waals surface area (Å²) in [5.41, 5.74) is 1.19. The Morgan fingerprint density at radius 1 is 1.53 bits per heavy atom. The molecule has 1 aliphatic carbocycles. The number of hydrogen-bond acceptors (Lipinski definition) is 3. The van der Waals surface area contributed by atoms with Crippen LogP contribution in [-0.4, -0.2) is 11.5 Å². The van der Waals surface area contributed by atoms with Crippen LogP contribution in [0.15, 0.2) is 24.3 Å². The van der Waals surface area contributed by atoms with Gasteiger partial charge in [-0.2, -0.15) is 0 Å². The van der Waals surface area contributed by atoms with Crippen LogP contribution in [0.3, 0.4) is 0 Å². The van der Waals surface area contributed by atoms with Crippen LogP contribution in [0.4, 0.5) is 5.69 Å². The van der Waals surface area contributed by atoms with Gasteiger partial charge in [0.2, 0.25) is 0 Å². The second-order valence-corrected chi connectivity index (χ2v) is 4.66. The van der Waals surface area contributed by atoms with E-state index in [9.17, 15) is 10.1 Å². The smallest absolute Gasteiger partial charge is 0.269 e. The van der Waals surface area contributed by atoms with Crippen LogP contribution in [0.2, 0.25) is 0 Å². The number of nitro benzene ring substituents is 1. The molecule has 1 N–H and O–H groups in total. The van der Waals surface area contributed by atoms with E-state index in [0.29, 0.717) is 0 Å². The van der Waals surface area contributed by atoms with Gasteiger partial charge in [-0.3, -0.25) is 10.1 Å². The lowest BCUT2D eigenvalue weighted by Gasteiger charge is -2.17. The number of benzene rings is 1. The van der Waals surface area contributed by atoms with E-state index < -0.39 is 0 Å². The predicted octanol–water partition coefficient (Wildman–Crippen LogP) is 3.05. The largest absolute Gasteiger partial charge is 0.310 e. The first kappa shape index (κ1) is 12.0. The van der Waals surface area contributed by atoms with Gasteiger partial charge in [-0.05, 0) is 37.3 Å². The minimum absolute atomic E-state index is 0.175. The van der Waals surface area contributed by atoms with E-state index in [2.05, 4.69) is 12.2 Å². The molecule has 0 aliphatic heterocycles. The number of nitrogens with zero attached hydrogens (tertiary/aromatic N) is 1. The van der Waals surface area contributed by atoms with Gasteiger partial charge in [0.25, 0.3) is 5.69 Å². The lowest BCUT2D eigenvalue weighted by molar-refractivity contribution is -0.384. The average Bonchev–Trinajstić information content (AvgIpc) is 3.14. The van der Waals surface area contributed by atoms with Crippen LogP contribution in [0, 0.1) is 16.0 Å². The molecule has 0 heterocycles. The maximum Gasteiger partial charge on any atom is 0.269 e. The molecule has 0 amide bonds. The van der Waals surface area contributed by atoms with E-state index in [4.69, 9.17) is 0 Å². The second kappa shape index (κ2) is 5.27. The van der Waals surface area contributed by atoms with Crippen molar-refractivity contribution in [1.29, 1.82) is 0 Å². The quantitative estimate of drug-likeness (QED) is 0.608. The van der Waals surface area contributed by atoms with Crippen LogP contribution < -0.4 is 5.32 Å². The van der Waals surface area contributed by atoms with Gasteiger partial charge in [-0.15, -0.1) is 0 Å². The number of hydrogen-bond donors (Lipinski definition) is 1. The fourth-order valence-electron chi connectivity index (χ4n) is 1.98. The minimum Gasteiger partial charge on any atom is -0.310 e. The molecule has 4 nitrogen and oxygen atoms in total. The van der Waals surface area contributed by atoms with Gasteiger partial charge in [0.15, 0.2) is 0 Å². The highest BCUT2D eigenvalue weighted by atomic mass is 16.6. The van der Waals surface area contributed by atoms with Crippen molar-refractivity contribution in [3.05, 3.63) is 39.9 Å². The van der Waals surface area contributed by atoms with Gasteiger partial charge in [0.1, 0.15) is 0 Å². The summed E-state index contributed by atoms with van der Waals surface area (Å²) >= 11 is 0. The molecule has 0 radical (unpaired) electrons. The van der Waals surface area contributed by atoms with E-state index in [1.165, 1.54) is 18.9 Å². The maximum absolute atomic E-state index is 10.7. The van der Waals surface area contributed by atoms with Crippen molar-refractivity contribution in [2.75, 3.05) is 6.54 Å². The zero-order valence-electron chi connectivity index (χ0n) is 10.1. The molecular weight excluding hydrogens is 216 g/mol. The number of nitrogens with one attached hydrogen (secondary N) is 1. The Labute approximate surface area is 101 Å². The first-order valence-corrected chi connectivity index (χ1v) is 6.18. The molecule has 92 valence electrons. The van der Waals surface area contributed by atoms with Crippen molar-refractivity contribution in [3.8, 4) is 0 Å². The number of rotatable bonds is 6. The van der Waals surface area contributed by atoms with E-state index in [0.717, 1.165) is 24.4 Å². The van der Waals surface area contributed by atoms with E-state index in [1.807, 2.05) is 6.07 Å². The van der Waals surface area contributed by atoms with Gasteiger partial charge in [0.05, 0.1) is 4.92 Å². The third-order valence-corrected chi connectivity index (χ3v) is 3.24. The van der Waals surface area contributed by atoms with Crippen LogP contribution in [0.5, 0.6) is 0 Å². The number of nitro groups is 1. The summed E-state index contributed by atoms with van der Waals surface area (Å²) in [5.74, 6) is 0.822. The lowest BCUT2D eigenvalue weighted by atomic mass is 10.0. The lowest BCUT2D eigenvalue weighted by Crippen LogP contribution is -2.23. The fourth-order valence-corrected chi connectivity index (χ4v) is 1.98. The highest BCUT2D eigenvalue weighted by Gasteiger charge is 2.22.